The Balaban J connectivity index is 3.48. The van der Waals surface area contributed by atoms with Gasteiger partial charge in [0.05, 0.1) is 18.8 Å². The van der Waals surface area contributed by atoms with Gasteiger partial charge < -0.3 is 15.5 Å². The van der Waals surface area contributed by atoms with Gasteiger partial charge in [-0.1, -0.05) is 311 Å². The van der Waals surface area contributed by atoms with Crippen molar-refractivity contribution in [3.05, 3.63) is 85.1 Å². The first-order chi connectivity index (χ1) is 34.7. The number of rotatable bonds is 56. The van der Waals surface area contributed by atoms with Crippen molar-refractivity contribution in [2.45, 2.75) is 321 Å². The quantitative estimate of drug-likeness (QED) is 0.0420. The summed E-state index contributed by atoms with van der Waals surface area (Å²) >= 11 is 0. The zero-order chi connectivity index (χ0) is 50.6. The van der Waals surface area contributed by atoms with Crippen molar-refractivity contribution in [1.29, 1.82) is 0 Å². The molecule has 406 valence electrons. The van der Waals surface area contributed by atoms with E-state index >= 15 is 0 Å². The number of carbonyl (C=O) groups is 1. The number of hydrogen-bond acceptors (Lipinski definition) is 3. The van der Waals surface area contributed by atoms with Crippen molar-refractivity contribution in [3.8, 4) is 0 Å². The van der Waals surface area contributed by atoms with Gasteiger partial charge in [0.25, 0.3) is 0 Å². The average Bonchev–Trinajstić information content (AvgIpc) is 3.36. The van der Waals surface area contributed by atoms with E-state index in [0.717, 1.165) is 64.2 Å². The Bertz CT molecular complexity index is 1240. The lowest BCUT2D eigenvalue weighted by molar-refractivity contribution is -0.123. The van der Waals surface area contributed by atoms with Crippen LogP contribution in [0.15, 0.2) is 85.1 Å². The highest BCUT2D eigenvalue weighted by atomic mass is 16.3. The first-order valence-electron chi connectivity index (χ1n) is 30.8. The standard InChI is InChI=1S/C66H119NO3/c1-3-5-7-9-11-13-15-17-19-21-23-25-26-27-28-29-30-31-32-33-34-35-36-37-38-39-40-42-44-46-48-50-52-54-56-58-60-62-66(70)67-64(63-68)65(69)61-59-57-55-53-51-49-47-45-43-41-24-22-20-18-16-14-12-10-8-6-4-2/h5,7,11,13,17,19,23,25,27-28,51,53,59,61,64-65,68-69H,3-4,6,8-10,12,14-16,18,20-22,24,26,29-50,52,54-58,60,62-63H2,1-2H3,(H,67,70)/b7-5-,13-11-,19-17-,25-23-,28-27-,53-51+,61-59+. The third-order valence-corrected chi connectivity index (χ3v) is 13.9. The molecule has 0 aromatic rings. The summed E-state index contributed by atoms with van der Waals surface area (Å²) in [5.41, 5.74) is 0. The molecule has 0 spiro atoms. The topological polar surface area (TPSA) is 69.6 Å². The van der Waals surface area contributed by atoms with Gasteiger partial charge in [0.2, 0.25) is 5.91 Å². The minimum Gasteiger partial charge on any atom is -0.394 e. The molecule has 0 aromatic carbocycles. The SMILES string of the molecule is CC/C=C\C/C=C\C/C=C\C/C=C\C/C=C\CCCCCCCCCCCCCCCCCCCCCCCC(=O)NC(CO)C(O)/C=C/CC/C=C/CCCCCCCCCCCCCCCCC. The number of unbranched alkanes of at least 4 members (excludes halogenated alkanes) is 37. The minimum absolute atomic E-state index is 0.0706. The molecule has 1 amide bonds. The molecule has 0 rings (SSSR count). The molecule has 0 saturated carbocycles. The molecule has 3 N–H and O–H groups in total. The fourth-order valence-electron chi connectivity index (χ4n) is 9.22. The van der Waals surface area contributed by atoms with E-state index in [-0.39, 0.29) is 12.5 Å². The molecule has 4 heteroatoms. The van der Waals surface area contributed by atoms with Crippen LogP contribution in [0.1, 0.15) is 309 Å². The minimum atomic E-state index is -0.865. The van der Waals surface area contributed by atoms with Gasteiger partial charge in [0.1, 0.15) is 0 Å². The number of carbonyl (C=O) groups excluding carboxylic acids is 1. The van der Waals surface area contributed by atoms with E-state index in [1.54, 1.807) is 6.08 Å². The second-order valence-corrected chi connectivity index (χ2v) is 20.7. The first kappa shape index (κ1) is 67.6. The Labute approximate surface area is 437 Å². The third kappa shape index (κ3) is 56.5. The molecule has 70 heavy (non-hydrogen) atoms. The highest BCUT2D eigenvalue weighted by Gasteiger charge is 2.18. The van der Waals surface area contributed by atoms with Crippen LogP contribution in [0.4, 0.5) is 0 Å². The number of aliphatic hydroxyl groups is 2. The lowest BCUT2D eigenvalue weighted by Crippen LogP contribution is -2.45. The maximum absolute atomic E-state index is 12.5. The van der Waals surface area contributed by atoms with Crippen LogP contribution < -0.4 is 5.32 Å². The average molecular weight is 975 g/mol. The van der Waals surface area contributed by atoms with Crippen molar-refractivity contribution < 1.29 is 15.0 Å². The molecular formula is C66H119NO3. The monoisotopic (exact) mass is 974 g/mol. The summed E-state index contributed by atoms with van der Waals surface area (Å²) < 4.78 is 0. The Hall–Kier alpha value is -2.43. The maximum Gasteiger partial charge on any atom is 0.220 e. The van der Waals surface area contributed by atoms with Crippen LogP contribution in [0, 0.1) is 0 Å². The Kier molecular flexibility index (Phi) is 58.8. The smallest absolute Gasteiger partial charge is 0.220 e. The van der Waals surface area contributed by atoms with E-state index in [4.69, 9.17) is 0 Å². The maximum atomic E-state index is 12.5. The molecule has 0 fully saturated rings. The normalized spacial score (nSPS) is 13.4. The summed E-state index contributed by atoms with van der Waals surface area (Å²) in [6, 6.07) is -0.641. The van der Waals surface area contributed by atoms with E-state index in [2.05, 4.69) is 92.1 Å². The van der Waals surface area contributed by atoms with Crippen LogP contribution in [-0.4, -0.2) is 34.9 Å². The summed E-state index contributed by atoms with van der Waals surface area (Å²) in [5, 5.41) is 23.2. The molecular weight excluding hydrogens is 855 g/mol. The van der Waals surface area contributed by atoms with Crippen molar-refractivity contribution in [2.24, 2.45) is 0 Å². The highest BCUT2D eigenvalue weighted by Crippen LogP contribution is 2.17. The fraction of sp³-hybridized carbons (Fsp3) is 0.773. The lowest BCUT2D eigenvalue weighted by atomic mass is 10.0. The Morgan fingerprint density at radius 3 is 1.00 bits per heavy atom. The van der Waals surface area contributed by atoms with Crippen LogP contribution in [0.3, 0.4) is 0 Å². The largest absolute Gasteiger partial charge is 0.394 e. The van der Waals surface area contributed by atoms with Crippen LogP contribution in [0.2, 0.25) is 0 Å². The van der Waals surface area contributed by atoms with Gasteiger partial charge in [0.15, 0.2) is 0 Å². The lowest BCUT2D eigenvalue weighted by Gasteiger charge is -2.19. The summed E-state index contributed by atoms with van der Waals surface area (Å²) in [4.78, 5) is 12.5. The predicted octanol–water partition coefficient (Wildman–Crippen LogP) is 20.7. The molecule has 2 unspecified atom stereocenters. The summed E-state index contributed by atoms with van der Waals surface area (Å²) in [5.74, 6) is -0.0706. The van der Waals surface area contributed by atoms with Gasteiger partial charge in [-0.25, -0.2) is 0 Å². The first-order valence-corrected chi connectivity index (χ1v) is 30.8. The molecule has 4 nitrogen and oxygen atoms in total. The predicted molar refractivity (Wildman–Crippen MR) is 313 cm³/mol. The van der Waals surface area contributed by atoms with E-state index in [9.17, 15) is 15.0 Å². The molecule has 0 aromatic heterocycles. The van der Waals surface area contributed by atoms with Crippen molar-refractivity contribution in [2.75, 3.05) is 6.61 Å². The molecule has 2 atom stereocenters. The summed E-state index contributed by atoms with van der Waals surface area (Å²) in [7, 11) is 0. The molecule has 0 saturated heterocycles. The van der Waals surface area contributed by atoms with Crippen molar-refractivity contribution in [1.82, 2.24) is 5.32 Å². The molecule has 0 aliphatic heterocycles. The van der Waals surface area contributed by atoms with E-state index < -0.39 is 12.1 Å². The van der Waals surface area contributed by atoms with Gasteiger partial charge in [-0.3, -0.25) is 4.79 Å². The van der Waals surface area contributed by atoms with Gasteiger partial charge >= 0.3 is 0 Å². The molecule has 0 aliphatic carbocycles. The number of amides is 1. The van der Waals surface area contributed by atoms with Crippen LogP contribution in [-0.2, 0) is 4.79 Å². The number of nitrogens with one attached hydrogen (secondary N) is 1. The van der Waals surface area contributed by atoms with Crippen molar-refractivity contribution >= 4 is 5.91 Å². The molecule has 0 heterocycles. The zero-order valence-corrected chi connectivity index (χ0v) is 46.8. The fourth-order valence-corrected chi connectivity index (χ4v) is 9.22. The van der Waals surface area contributed by atoms with Crippen LogP contribution >= 0.6 is 0 Å². The highest BCUT2D eigenvalue weighted by molar-refractivity contribution is 5.76. The second-order valence-electron chi connectivity index (χ2n) is 20.7. The molecule has 0 bridgehead atoms. The van der Waals surface area contributed by atoms with Gasteiger partial charge in [0, 0.05) is 6.42 Å². The number of aliphatic hydroxyl groups excluding tert-OH is 2. The molecule has 0 radical (unpaired) electrons. The van der Waals surface area contributed by atoms with Gasteiger partial charge in [-0.05, 0) is 77.0 Å². The van der Waals surface area contributed by atoms with E-state index in [1.165, 1.54) is 225 Å². The summed E-state index contributed by atoms with van der Waals surface area (Å²) in [6.45, 7) is 4.21. The van der Waals surface area contributed by atoms with Crippen LogP contribution in [0.25, 0.3) is 0 Å². The van der Waals surface area contributed by atoms with Crippen molar-refractivity contribution in [3.63, 3.8) is 0 Å². The number of allylic oxidation sites excluding steroid dienone is 13. The van der Waals surface area contributed by atoms with E-state index in [0.29, 0.717) is 6.42 Å². The van der Waals surface area contributed by atoms with Gasteiger partial charge in [-0.15, -0.1) is 0 Å². The zero-order valence-electron chi connectivity index (χ0n) is 46.8. The second kappa shape index (κ2) is 60.9. The van der Waals surface area contributed by atoms with E-state index in [1.807, 2.05) is 6.08 Å². The van der Waals surface area contributed by atoms with Crippen LogP contribution in [0.5, 0.6) is 0 Å². The van der Waals surface area contributed by atoms with Gasteiger partial charge in [-0.2, -0.15) is 0 Å². The third-order valence-electron chi connectivity index (χ3n) is 13.9. The Morgan fingerprint density at radius 2 is 0.643 bits per heavy atom. The number of hydrogen-bond donors (Lipinski definition) is 3. The Morgan fingerprint density at radius 1 is 0.357 bits per heavy atom. The summed E-state index contributed by atoms with van der Waals surface area (Å²) in [6.07, 6.45) is 89.2. The molecule has 0 aliphatic rings.